The first-order chi connectivity index (χ1) is 42.0. The van der Waals surface area contributed by atoms with Crippen LogP contribution >= 0.6 is 0 Å². The molecular weight excluding hydrogens is 1080 g/mol. The van der Waals surface area contributed by atoms with Gasteiger partial charge in [0.2, 0.25) is 0 Å². The molecule has 2 aliphatic heterocycles. The average molecular weight is 1140 g/mol. The number of fused-ring (bicyclic) bond motifs is 16. The topological polar surface area (TPSA) is 184 Å². The van der Waals surface area contributed by atoms with Crippen molar-refractivity contribution in [3.05, 3.63) is 256 Å². The number of phenols is 1. The van der Waals surface area contributed by atoms with Crippen molar-refractivity contribution in [3.63, 3.8) is 0 Å². The lowest BCUT2D eigenvalue weighted by Gasteiger charge is -2.37. The molecule has 14 heteroatoms. The monoisotopic (exact) mass is 1130 g/mol. The van der Waals surface area contributed by atoms with E-state index in [9.17, 15) is 24.6 Å². The van der Waals surface area contributed by atoms with Crippen molar-refractivity contribution in [2.24, 2.45) is 0 Å². The summed E-state index contributed by atoms with van der Waals surface area (Å²) >= 11 is 0. The molecule has 0 fully saturated rings. The van der Waals surface area contributed by atoms with Crippen LogP contribution in [0.25, 0.3) is 76.2 Å². The highest BCUT2D eigenvalue weighted by molar-refractivity contribution is 6.21. The van der Waals surface area contributed by atoms with E-state index in [4.69, 9.17) is 32.8 Å². The van der Waals surface area contributed by atoms with Crippen LogP contribution < -0.4 is 30.3 Å². The van der Waals surface area contributed by atoms with E-state index in [0.717, 1.165) is 105 Å². The van der Waals surface area contributed by atoms with Crippen molar-refractivity contribution in [1.29, 1.82) is 0 Å². The molecule has 0 aliphatic carbocycles. The van der Waals surface area contributed by atoms with E-state index in [0.29, 0.717) is 39.5 Å². The average Bonchev–Trinajstić information content (AvgIpc) is 1.36. The quantitative estimate of drug-likeness (QED) is 0.0298. The van der Waals surface area contributed by atoms with Gasteiger partial charge in [0.05, 0.1) is 11.1 Å². The molecule has 1 atom stereocenters. The van der Waals surface area contributed by atoms with Crippen molar-refractivity contribution >= 4 is 99.7 Å². The Morgan fingerprint density at radius 3 is 1.60 bits per heavy atom. The molecule has 0 radical (unpaired) electrons. The number of esters is 1. The third kappa shape index (κ3) is 9.22. The van der Waals surface area contributed by atoms with Crippen LogP contribution in [-0.2, 0) is 19.8 Å². The van der Waals surface area contributed by atoms with Crippen molar-refractivity contribution < 1.29 is 52.6 Å². The Morgan fingerprint density at radius 1 is 0.477 bits per heavy atom. The molecular formula is C72H50N2O12. The molecule has 0 saturated carbocycles. The molecule has 86 heavy (non-hydrogen) atoms. The summed E-state index contributed by atoms with van der Waals surface area (Å²) in [6.07, 6.45) is 0. The normalized spacial score (nSPS) is 13.9. The molecule has 0 amide bonds. The fourth-order valence-corrected chi connectivity index (χ4v) is 11.9. The van der Waals surface area contributed by atoms with Gasteiger partial charge in [-0.2, -0.15) is 0 Å². The highest BCUT2D eigenvalue weighted by Crippen LogP contribution is 2.59. The molecule has 2 aliphatic rings. The van der Waals surface area contributed by atoms with Crippen LogP contribution in [-0.4, -0.2) is 50.0 Å². The maximum absolute atomic E-state index is 13.4. The SMILES string of the molecule is COCOc1ccc(Nc2ccc3c4c(ccc3c2)C2(OC(=O)c3ccccc32)c2ccc3cc(OCOC)ccc3c2O4)cc1.O=C(O)c1ccccc1-c1c2ccc3cc(Nc4ccc(O)cc4)ccc3c2oc2c1ccc1cc(=O)ccc12. The van der Waals surface area contributed by atoms with E-state index in [2.05, 4.69) is 16.7 Å². The number of methoxy groups -OCH3 is 2. The summed E-state index contributed by atoms with van der Waals surface area (Å²) in [6.45, 7) is 0.340. The lowest BCUT2D eigenvalue weighted by Crippen LogP contribution is -2.33. The zero-order valence-corrected chi connectivity index (χ0v) is 46.2. The number of hydrogen-bond donors (Lipinski definition) is 4. The van der Waals surface area contributed by atoms with Gasteiger partial charge in [-0.25, -0.2) is 9.59 Å². The molecule has 0 bridgehead atoms. The second kappa shape index (κ2) is 21.5. The van der Waals surface area contributed by atoms with Gasteiger partial charge >= 0.3 is 11.9 Å². The van der Waals surface area contributed by atoms with Gasteiger partial charge in [0.1, 0.15) is 39.9 Å². The first-order valence-electron chi connectivity index (χ1n) is 27.6. The number of phenolic OH excluding ortho intramolecular Hbond substituents is 1. The molecule has 14 nitrogen and oxygen atoms in total. The Hall–Kier alpha value is -11.2. The van der Waals surface area contributed by atoms with E-state index in [-0.39, 0.29) is 36.3 Å². The fourth-order valence-electron chi connectivity index (χ4n) is 11.9. The fraction of sp³-hybridized carbons (Fsp3) is 0.0694. The lowest BCUT2D eigenvalue weighted by molar-refractivity contribution is 0.0226. The van der Waals surface area contributed by atoms with Gasteiger partial charge in [-0.1, -0.05) is 60.7 Å². The van der Waals surface area contributed by atoms with E-state index in [1.165, 1.54) is 6.07 Å². The first-order valence-corrected chi connectivity index (χ1v) is 27.6. The maximum atomic E-state index is 13.4. The lowest BCUT2D eigenvalue weighted by atomic mass is 9.76. The second-order valence-corrected chi connectivity index (χ2v) is 20.9. The number of carboxylic acids is 1. The maximum Gasteiger partial charge on any atom is 0.340 e. The van der Waals surface area contributed by atoms with Crippen LogP contribution in [0, 0.1) is 0 Å². The Balaban J connectivity index is 0.000000153. The Labute approximate surface area is 490 Å². The summed E-state index contributed by atoms with van der Waals surface area (Å²) < 4.78 is 41.2. The minimum Gasteiger partial charge on any atom is -0.508 e. The Kier molecular flexibility index (Phi) is 13.2. The van der Waals surface area contributed by atoms with Gasteiger partial charge in [0.25, 0.3) is 0 Å². The van der Waals surface area contributed by atoms with Gasteiger partial charge in [-0.3, -0.25) is 4.79 Å². The number of benzene rings is 12. The van der Waals surface area contributed by atoms with Gasteiger partial charge in [-0.05, 0) is 185 Å². The molecule has 1 spiro atoms. The van der Waals surface area contributed by atoms with Crippen molar-refractivity contribution in [3.8, 4) is 39.9 Å². The number of rotatable bonds is 12. The van der Waals surface area contributed by atoms with E-state index in [1.807, 2.05) is 158 Å². The number of aromatic carboxylic acids is 1. The van der Waals surface area contributed by atoms with Crippen LogP contribution in [0.1, 0.15) is 37.4 Å². The Bertz CT molecular complexity index is 4960. The van der Waals surface area contributed by atoms with Crippen LogP contribution in [0.2, 0.25) is 0 Å². The molecule has 3 heterocycles. The van der Waals surface area contributed by atoms with Gasteiger partial charge in [0, 0.05) is 91.5 Å². The van der Waals surface area contributed by atoms with Crippen molar-refractivity contribution in [2.75, 3.05) is 38.4 Å². The summed E-state index contributed by atoms with van der Waals surface area (Å²) in [5.41, 5.74) is 7.89. The number of anilines is 4. The zero-order chi connectivity index (χ0) is 58.6. The minimum atomic E-state index is -1.17. The van der Waals surface area contributed by atoms with Gasteiger partial charge in [0.15, 0.2) is 24.6 Å². The summed E-state index contributed by atoms with van der Waals surface area (Å²) in [5.74, 6) is 1.51. The van der Waals surface area contributed by atoms with Crippen molar-refractivity contribution in [1.82, 2.24) is 0 Å². The predicted molar refractivity (Wildman–Crippen MR) is 333 cm³/mol. The summed E-state index contributed by atoms with van der Waals surface area (Å²) in [5, 5.41) is 35.0. The smallest absolute Gasteiger partial charge is 0.340 e. The van der Waals surface area contributed by atoms with Crippen molar-refractivity contribution in [2.45, 2.75) is 5.60 Å². The predicted octanol–water partition coefficient (Wildman–Crippen LogP) is 16.3. The summed E-state index contributed by atoms with van der Waals surface area (Å²) in [4.78, 5) is 37.7. The Morgan fingerprint density at radius 2 is 0.965 bits per heavy atom. The van der Waals surface area contributed by atoms with E-state index in [1.54, 1.807) is 62.8 Å². The van der Waals surface area contributed by atoms with E-state index >= 15 is 0 Å². The number of hydrogen-bond acceptors (Lipinski definition) is 13. The number of nitrogens with one attached hydrogen (secondary N) is 2. The number of carbonyl (C=O) groups is 2. The first kappa shape index (κ1) is 52.9. The third-order valence-electron chi connectivity index (χ3n) is 15.7. The molecule has 4 N–H and O–H groups in total. The second-order valence-electron chi connectivity index (χ2n) is 20.9. The van der Waals surface area contributed by atoms with Gasteiger partial charge in [-0.15, -0.1) is 0 Å². The number of carboxylic acid groups (broad SMARTS) is 1. The number of aromatic hydroxyl groups is 1. The highest BCUT2D eigenvalue weighted by atomic mass is 16.7. The molecule has 0 saturated heterocycles. The minimum absolute atomic E-state index is 0.0943. The molecule has 1 unspecified atom stereocenters. The zero-order valence-electron chi connectivity index (χ0n) is 46.2. The number of carbonyl (C=O) groups excluding carboxylic acids is 1. The van der Waals surface area contributed by atoms with Crippen LogP contribution in [0.5, 0.6) is 28.7 Å². The molecule has 12 aromatic carbocycles. The summed E-state index contributed by atoms with van der Waals surface area (Å²) in [7, 11) is 3.18. The molecule has 420 valence electrons. The van der Waals surface area contributed by atoms with E-state index < -0.39 is 11.6 Å². The van der Waals surface area contributed by atoms with Crippen LogP contribution in [0.4, 0.5) is 22.7 Å². The van der Waals surface area contributed by atoms with Crippen LogP contribution in [0.3, 0.4) is 0 Å². The van der Waals surface area contributed by atoms with Crippen LogP contribution in [0.15, 0.2) is 228 Å². The number of ether oxygens (including phenoxy) is 6. The van der Waals surface area contributed by atoms with Gasteiger partial charge < -0.3 is 53.7 Å². The third-order valence-corrected chi connectivity index (χ3v) is 15.7. The summed E-state index contributed by atoms with van der Waals surface area (Å²) in [6, 6.07) is 67.6. The molecule has 13 aromatic rings. The highest BCUT2D eigenvalue weighted by Gasteiger charge is 2.54. The molecule has 15 rings (SSSR count). The largest absolute Gasteiger partial charge is 0.508 e. The molecule has 1 aromatic heterocycles. The standard InChI is InChI=1S/C38H29NO7.C34H21NO5/c1-41-21-43-27-12-9-25(10-13-27)39-26-11-15-29-23(19-26)7-17-33-35(29)45-36-30-16-14-28(44-22-42-2)20-24(30)8-18-34(36)38(33)32-6-4-3-5-31(32)37(40)46-38;36-23-10-7-21(8-11-23)35-22-9-15-25-19(17-22)5-13-29-31(27-3-1-2-4-28(27)34(38)39)30-14-6-20-18-24(37)12-16-26(20)33(30)40-32(25)29/h3-20,39H,21-22H2,1-2H3;1-18,35-36H,(H,38,39).